The number of hydrogen-bond acceptors (Lipinski definition) is 6. The Kier molecular flexibility index (Phi) is 4.66. The molecule has 2 N–H and O–H groups in total. The third-order valence-corrected chi connectivity index (χ3v) is 3.59. The lowest BCUT2D eigenvalue weighted by molar-refractivity contribution is 0.101. The fourth-order valence-corrected chi connectivity index (χ4v) is 2.30. The Morgan fingerprint density at radius 1 is 1.23 bits per heavy atom. The molecule has 8 nitrogen and oxygen atoms in total. The van der Waals surface area contributed by atoms with Gasteiger partial charge in [-0.05, 0) is 30.7 Å². The van der Waals surface area contributed by atoms with Crippen molar-refractivity contribution in [2.75, 3.05) is 12.4 Å². The van der Waals surface area contributed by atoms with Crippen molar-refractivity contribution >= 4 is 11.7 Å². The number of nitrogens with zero attached hydrogens (tertiary/aromatic N) is 3. The van der Waals surface area contributed by atoms with Crippen LogP contribution in [0.3, 0.4) is 0 Å². The molecule has 2 heterocycles. The summed E-state index contributed by atoms with van der Waals surface area (Å²) in [5.41, 5.74) is 0.381. The zero-order chi connectivity index (χ0) is 18.7. The Labute approximate surface area is 148 Å². The lowest BCUT2D eigenvalue weighted by Crippen LogP contribution is -2.25. The van der Waals surface area contributed by atoms with Crippen molar-refractivity contribution < 1.29 is 14.6 Å². The summed E-state index contributed by atoms with van der Waals surface area (Å²) in [5.74, 6) is -0.510. The molecular formula is C18H16N4O4. The van der Waals surface area contributed by atoms with Crippen LogP contribution in [0.15, 0.2) is 53.5 Å². The van der Waals surface area contributed by atoms with Gasteiger partial charge in [-0.25, -0.2) is 4.98 Å². The molecule has 0 spiro atoms. The third kappa shape index (κ3) is 3.39. The fourth-order valence-electron chi connectivity index (χ4n) is 2.30. The summed E-state index contributed by atoms with van der Waals surface area (Å²) in [6.45, 7) is 1.87. The van der Waals surface area contributed by atoms with Gasteiger partial charge in [0.15, 0.2) is 11.4 Å². The molecule has 3 aromatic rings. The number of anilines is 1. The van der Waals surface area contributed by atoms with Crippen LogP contribution in [0.1, 0.15) is 16.1 Å². The molecule has 2 aromatic heterocycles. The molecule has 132 valence electrons. The van der Waals surface area contributed by atoms with E-state index in [9.17, 15) is 14.7 Å². The van der Waals surface area contributed by atoms with E-state index < -0.39 is 17.2 Å². The Morgan fingerprint density at radius 3 is 2.69 bits per heavy atom. The first-order valence-electron chi connectivity index (χ1n) is 7.70. The van der Waals surface area contributed by atoms with Gasteiger partial charge in [0.05, 0.1) is 7.11 Å². The second-order valence-corrected chi connectivity index (χ2v) is 5.47. The van der Waals surface area contributed by atoms with E-state index in [2.05, 4.69) is 15.4 Å². The van der Waals surface area contributed by atoms with Crippen molar-refractivity contribution in [3.05, 3.63) is 70.3 Å². The van der Waals surface area contributed by atoms with Gasteiger partial charge in [0.1, 0.15) is 17.3 Å². The maximum absolute atomic E-state index is 12.4. The average Bonchev–Trinajstić information content (AvgIpc) is 2.63. The van der Waals surface area contributed by atoms with Gasteiger partial charge in [-0.15, -0.1) is 0 Å². The second kappa shape index (κ2) is 7.06. The predicted molar refractivity (Wildman–Crippen MR) is 95.0 cm³/mol. The number of methoxy groups -OCH3 is 1. The maximum Gasteiger partial charge on any atom is 0.281 e. The lowest BCUT2D eigenvalue weighted by Gasteiger charge is -2.11. The molecule has 1 aromatic carbocycles. The largest absolute Gasteiger partial charge is 0.505 e. The van der Waals surface area contributed by atoms with E-state index >= 15 is 0 Å². The highest BCUT2D eigenvalue weighted by Gasteiger charge is 2.18. The molecule has 0 saturated heterocycles. The number of aromatic nitrogens is 3. The van der Waals surface area contributed by atoms with E-state index in [4.69, 9.17) is 4.74 Å². The first-order valence-corrected chi connectivity index (χ1v) is 7.70. The number of benzene rings is 1. The highest BCUT2D eigenvalue weighted by Crippen LogP contribution is 2.21. The van der Waals surface area contributed by atoms with Gasteiger partial charge < -0.3 is 15.2 Å². The molecule has 0 unspecified atom stereocenters. The Hall–Kier alpha value is -3.68. The standard InChI is InChI=1S/C18H16N4O4/c1-11-7-8-15(19-10-11)20-18(25)17-13(23)9-16(24)22(21-17)12-5-3-4-6-14(12)26-2/h3-10,23H,1-2H3,(H,19,20,25). The molecular weight excluding hydrogens is 336 g/mol. The van der Waals surface area contributed by atoms with E-state index in [1.165, 1.54) is 7.11 Å². The number of para-hydroxylation sites is 2. The number of aryl methyl sites for hydroxylation is 1. The molecule has 8 heteroatoms. The van der Waals surface area contributed by atoms with Crippen molar-refractivity contribution in [1.29, 1.82) is 0 Å². The molecule has 26 heavy (non-hydrogen) atoms. The van der Waals surface area contributed by atoms with Gasteiger partial charge in [0.2, 0.25) is 0 Å². The number of carbonyl (C=O) groups is 1. The highest BCUT2D eigenvalue weighted by molar-refractivity contribution is 6.04. The van der Waals surface area contributed by atoms with Crippen LogP contribution in [0.25, 0.3) is 5.69 Å². The molecule has 0 aliphatic rings. The van der Waals surface area contributed by atoms with Gasteiger partial charge in [-0.2, -0.15) is 9.78 Å². The number of rotatable bonds is 4. The fraction of sp³-hybridized carbons (Fsp3) is 0.111. The highest BCUT2D eigenvalue weighted by atomic mass is 16.5. The van der Waals surface area contributed by atoms with E-state index in [0.29, 0.717) is 17.3 Å². The van der Waals surface area contributed by atoms with E-state index in [1.807, 2.05) is 6.92 Å². The van der Waals surface area contributed by atoms with Crippen LogP contribution < -0.4 is 15.6 Å². The summed E-state index contributed by atoms with van der Waals surface area (Å²) in [4.78, 5) is 28.7. The molecule has 0 saturated carbocycles. The van der Waals surface area contributed by atoms with Gasteiger partial charge >= 0.3 is 0 Å². The summed E-state index contributed by atoms with van der Waals surface area (Å²) in [7, 11) is 1.46. The first kappa shape index (κ1) is 17.2. The summed E-state index contributed by atoms with van der Waals surface area (Å²) >= 11 is 0. The summed E-state index contributed by atoms with van der Waals surface area (Å²) < 4.78 is 6.22. The number of ether oxygens (including phenoxy) is 1. The Morgan fingerprint density at radius 2 is 2.00 bits per heavy atom. The van der Waals surface area contributed by atoms with Crippen molar-refractivity contribution in [2.24, 2.45) is 0 Å². The summed E-state index contributed by atoms with van der Waals surface area (Å²) in [6, 6.07) is 11.1. The average molecular weight is 352 g/mol. The number of aromatic hydroxyl groups is 1. The van der Waals surface area contributed by atoms with Crippen molar-refractivity contribution in [3.63, 3.8) is 0 Å². The van der Waals surface area contributed by atoms with Crippen LogP contribution in [0.2, 0.25) is 0 Å². The molecule has 0 atom stereocenters. The van der Waals surface area contributed by atoms with Crippen LogP contribution in [0.4, 0.5) is 5.82 Å². The lowest BCUT2D eigenvalue weighted by atomic mass is 10.2. The third-order valence-electron chi connectivity index (χ3n) is 3.59. The van der Waals surface area contributed by atoms with E-state index in [1.54, 1.807) is 42.6 Å². The minimum atomic E-state index is -0.692. The molecule has 0 aliphatic heterocycles. The zero-order valence-electron chi connectivity index (χ0n) is 14.1. The monoisotopic (exact) mass is 352 g/mol. The van der Waals surface area contributed by atoms with Crippen LogP contribution in [-0.2, 0) is 0 Å². The Bertz CT molecular complexity index is 1010. The number of amides is 1. The van der Waals surface area contributed by atoms with Gasteiger partial charge in [-0.3, -0.25) is 9.59 Å². The SMILES string of the molecule is COc1ccccc1-n1nc(C(=O)Nc2ccc(C)cn2)c(O)cc1=O. The quantitative estimate of drug-likeness (QED) is 0.743. The van der Waals surface area contributed by atoms with Gasteiger partial charge in [-0.1, -0.05) is 18.2 Å². The summed E-state index contributed by atoms with van der Waals surface area (Å²) in [5, 5.41) is 16.5. The normalized spacial score (nSPS) is 10.4. The van der Waals surface area contributed by atoms with Crippen molar-refractivity contribution in [3.8, 4) is 17.2 Å². The molecule has 3 rings (SSSR count). The van der Waals surface area contributed by atoms with Gasteiger partial charge in [0, 0.05) is 12.3 Å². The summed E-state index contributed by atoms with van der Waals surface area (Å²) in [6.07, 6.45) is 1.60. The minimum absolute atomic E-state index is 0.303. The molecule has 0 fully saturated rings. The maximum atomic E-state index is 12.4. The minimum Gasteiger partial charge on any atom is -0.505 e. The van der Waals surface area contributed by atoms with Crippen LogP contribution in [0.5, 0.6) is 11.5 Å². The molecule has 1 amide bonds. The molecule has 0 aliphatic carbocycles. The molecule has 0 radical (unpaired) electrons. The second-order valence-electron chi connectivity index (χ2n) is 5.47. The van der Waals surface area contributed by atoms with Crippen molar-refractivity contribution in [1.82, 2.24) is 14.8 Å². The van der Waals surface area contributed by atoms with E-state index in [-0.39, 0.29) is 5.69 Å². The number of pyridine rings is 1. The number of carbonyl (C=O) groups excluding carboxylic acids is 1. The predicted octanol–water partition coefficient (Wildman–Crippen LogP) is 1.90. The Balaban J connectivity index is 2.01. The van der Waals surface area contributed by atoms with Gasteiger partial charge in [0.25, 0.3) is 11.5 Å². The first-order chi connectivity index (χ1) is 12.5. The smallest absolute Gasteiger partial charge is 0.281 e. The van der Waals surface area contributed by atoms with Crippen LogP contribution in [0, 0.1) is 6.92 Å². The number of hydrogen-bond donors (Lipinski definition) is 2. The van der Waals surface area contributed by atoms with E-state index in [0.717, 1.165) is 16.3 Å². The van der Waals surface area contributed by atoms with Crippen LogP contribution in [-0.4, -0.2) is 32.9 Å². The van der Waals surface area contributed by atoms with Crippen molar-refractivity contribution in [2.45, 2.75) is 6.92 Å². The zero-order valence-corrected chi connectivity index (χ0v) is 14.1. The topological polar surface area (TPSA) is 106 Å². The van der Waals surface area contributed by atoms with Crippen LogP contribution >= 0.6 is 0 Å². The molecule has 0 bridgehead atoms. The number of nitrogens with one attached hydrogen (secondary N) is 1.